The fourth-order valence-corrected chi connectivity index (χ4v) is 1.87. The maximum absolute atomic E-state index is 12.0. The average molecular weight is 299 g/mol. The molecule has 7 heteroatoms. The summed E-state index contributed by atoms with van der Waals surface area (Å²) in [5.41, 5.74) is 0. The second-order valence-corrected chi connectivity index (χ2v) is 5.46. The van der Waals surface area contributed by atoms with Crippen molar-refractivity contribution >= 4 is 17.9 Å². The van der Waals surface area contributed by atoms with E-state index >= 15 is 0 Å². The molecular weight excluding hydrogens is 274 g/mol. The summed E-state index contributed by atoms with van der Waals surface area (Å²) in [6, 6.07) is -0.183. The molecular formula is C14H25N3O4. The Kier molecular flexibility index (Phi) is 6.98. The maximum Gasteiger partial charge on any atom is 0.323 e. The largest absolute Gasteiger partial charge is 0.480 e. The lowest BCUT2D eigenvalue weighted by molar-refractivity contribution is -0.138. The van der Waals surface area contributed by atoms with Crippen molar-refractivity contribution in [3.8, 4) is 0 Å². The van der Waals surface area contributed by atoms with Crippen molar-refractivity contribution in [1.82, 2.24) is 15.5 Å². The molecule has 0 heterocycles. The van der Waals surface area contributed by atoms with E-state index in [1.807, 2.05) is 13.8 Å². The number of hydrogen-bond acceptors (Lipinski definition) is 3. The van der Waals surface area contributed by atoms with Crippen LogP contribution in [-0.4, -0.2) is 53.1 Å². The van der Waals surface area contributed by atoms with Crippen molar-refractivity contribution in [3.05, 3.63) is 0 Å². The highest BCUT2D eigenvalue weighted by atomic mass is 16.4. The molecule has 1 unspecified atom stereocenters. The summed E-state index contributed by atoms with van der Waals surface area (Å²) in [6.45, 7) is 3.76. The van der Waals surface area contributed by atoms with Crippen LogP contribution in [0.5, 0.6) is 0 Å². The topological polar surface area (TPSA) is 98.7 Å². The van der Waals surface area contributed by atoms with Crippen LogP contribution in [0.4, 0.5) is 4.79 Å². The second-order valence-electron chi connectivity index (χ2n) is 5.46. The number of amides is 3. The molecule has 1 rings (SSSR count). The summed E-state index contributed by atoms with van der Waals surface area (Å²) in [5.74, 6) is -1.02. The van der Waals surface area contributed by atoms with E-state index in [-0.39, 0.29) is 18.5 Å². The van der Waals surface area contributed by atoms with Gasteiger partial charge in [0.25, 0.3) is 0 Å². The standard InChI is InChI=1S/C14H25N3O4/c1-3-10(2)17(9-13(19)20)14(21)15-8-4-5-12(18)16-11-6-7-11/h10-11H,3-9H2,1-2H3,(H,15,21)(H,16,18)(H,19,20). The fraction of sp³-hybridized carbons (Fsp3) is 0.786. The number of carboxylic acids is 1. The van der Waals surface area contributed by atoms with Crippen LogP contribution in [0.25, 0.3) is 0 Å². The third-order valence-corrected chi connectivity index (χ3v) is 3.49. The molecule has 1 saturated carbocycles. The van der Waals surface area contributed by atoms with Gasteiger partial charge in [0.15, 0.2) is 0 Å². The number of carbonyl (C=O) groups is 3. The molecule has 120 valence electrons. The molecule has 7 nitrogen and oxygen atoms in total. The number of carboxylic acid groups (broad SMARTS) is 1. The molecule has 1 aliphatic carbocycles. The van der Waals surface area contributed by atoms with Gasteiger partial charge in [0.05, 0.1) is 0 Å². The Labute approximate surface area is 125 Å². The van der Waals surface area contributed by atoms with Gasteiger partial charge in [-0.25, -0.2) is 4.79 Å². The van der Waals surface area contributed by atoms with Gasteiger partial charge in [-0.3, -0.25) is 9.59 Å². The molecule has 0 radical (unpaired) electrons. The van der Waals surface area contributed by atoms with E-state index < -0.39 is 12.0 Å². The van der Waals surface area contributed by atoms with Gasteiger partial charge in [-0.1, -0.05) is 6.92 Å². The minimum atomic E-state index is -1.03. The van der Waals surface area contributed by atoms with Crippen molar-refractivity contribution in [1.29, 1.82) is 0 Å². The molecule has 0 aromatic heterocycles. The zero-order chi connectivity index (χ0) is 15.8. The molecule has 0 aliphatic heterocycles. The van der Waals surface area contributed by atoms with Gasteiger partial charge in [-0.2, -0.15) is 0 Å². The van der Waals surface area contributed by atoms with Crippen molar-refractivity contribution in [2.75, 3.05) is 13.1 Å². The summed E-state index contributed by atoms with van der Waals surface area (Å²) in [4.78, 5) is 35.5. The monoisotopic (exact) mass is 299 g/mol. The Morgan fingerprint density at radius 2 is 2.00 bits per heavy atom. The van der Waals surface area contributed by atoms with Gasteiger partial charge in [-0.05, 0) is 32.6 Å². The number of nitrogens with zero attached hydrogens (tertiary/aromatic N) is 1. The highest BCUT2D eigenvalue weighted by Crippen LogP contribution is 2.18. The number of rotatable bonds is 9. The Morgan fingerprint density at radius 3 is 2.52 bits per heavy atom. The molecule has 0 bridgehead atoms. The van der Waals surface area contributed by atoms with Gasteiger partial charge >= 0.3 is 12.0 Å². The highest BCUT2D eigenvalue weighted by molar-refractivity contribution is 5.80. The van der Waals surface area contributed by atoms with E-state index in [2.05, 4.69) is 10.6 Å². The highest BCUT2D eigenvalue weighted by Gasteiger charge is 2.23. The van der Waals surface area contributed by atoms with Crippen LogP contribution in [0.3, 0.4) is 0 Å². The molecule has 1 atom stereocenters. The van der Waals surface area contributed by atoms with Crippen molar-refractivity contribution in [2.24, 2.45) is 0 Å². The first kappa shape index (κ1) is 17.3. The van der Waals surface area contributed by atoms with Crippen LogP contribution < -0.4 is 10.6 Å². The molecule has 0 spiro atoms. The van der Waals surface area contributed by atoms with Crippen LogP contribution in [0.2, 0.25) is 0 Å². The molecule has 0 aromatic carbocycles. The number of urea groups is 1. The number of carbonyl (C=O) groups excluding carboxylic acids is 2. The van der Waals surface area contributed by atoms with Crippen LogP contribution in [0, 0.1) is 0 Å². The van der Waals surface area contributed by atoms with Gasteiger partial charge < -0.3 is 20.6 Å². The van der Waals surface area contributed by atoms with Crippen LogP contribution in [0.15, 0.2) is 0 Å². The van der Waals surface area contributed by atoms with E-state index in [1.54, 1.807) is 0 Å². The fourth-order valence-electron chi connectivity index (χ4n) is 1.87. The minimum absolute atomic E-state index is 0.0102. The van der Waals surface area contributed by atoms with Crippen molar-refractivity contribution in [2.45, 2.75) is 58.0 Å². The Morgan fingerprint density at radius 1 is 1.33 bits per heavy atom. The van der Waals surface area contributed by atoms with E-state index in [0.29, 0.717) is 31.8 Å². The molecule has 1 aliphatic rings. The third kappa shape index (κ3) is 6.97. The Balaban J connectivity index is 2.25. The zero-order valence-electron chi connectivity index (χ0n) is 12.7. The molecule has 21 heavy (non-hydrogen) atoms. The van der Waals surface area contributed by atoms with Crippen molar-refractivity contribution < 1.29 is 19.5 Å². The maximum atomic E-state index is 12.0. The molecule has 0 aromatic rings. The Bertz CT molecular complexity index is 382. The predicted molar refractivity (Wildman–Crippen MR) is 77.9 cm³/mol. The summed E-state index contributed by atoms with van der Waals surface area (Å²) in [7, 11) is 0. The van der Waals surface area contributed by atoms with Gasteiger partial charge in [-0.15, -0.1) is 0 Å². The number of aliphatic carboxylic acids is 1. The Hall–Kier alpha value is -1.79. The summed E-state index contributed by atoms with van der Waals surface area (Å²) in [5, 5.41) is 14.4. The van der Waals surface area contributed by atoms with E-state index in [4.69, 9.17) is 5.11 Å². The second kappa shape index (κ2) is 8.49. The molecule has 1 fully saturated rings. The van der Waals surface area contributed by atoms with Gasteiger partial charge in [0.1, 0.15) is 6.54 Å². The summed E-state index contributed by atoms with van der Waals surface area (Å²) < 4.78 is 0. The number of nitrogens with one attached hydrogen (secondary N) is 2. The minimum Gasteiger partial charge on any atom is -0.480 e. The van der Waals surface area contributed by atoms with Crippen LogP contribution >= 0.6 is 0 Å². The first-order valence-corrected chi connectivity index (χ1v) is 7.49. The quantitative estimate of drug-likeness (QED) is 0.552. The SMILES string of the molecule is CCC(C)N(CC(=O)O)C(=O)NCCCC(=O)NC1CC1. The lowest BCUT2D eigenvalue weighted by Gasteiger charge is -2.27. The van der Waals surface area contributed by atoms with Crippen LogP contribution in [0.1, 0.15) is 46.0 Å². The first-order chi connectivity index (χ1) is 9.93. The third-order valence-electron chi connectivity index (χ3n) is 3.49. The zero-order valence-corrected chi connectivity index (χ0v) is 12.7. The smallest absolute Gasteiger partial charge is 0.323 e. The molecule has 3 N–H and O–H groups in total. The average Bonchev–Trinajstić information content (AvgIpc) is 3.23. The van der Waals surface area contributed by atoms with Crippen LogP contribution in [-0.2, 0) is 9.59 Å². The predicted octanol–water partition coefficient (Wildman–Crippen LogP) is 0.940. The van der Waals surface area contributed by atoms with Crippen molar-refractivity contribution in [3.63, 3.8) is 0 Å². The van der Waals surface area contributed by atoms with E-state index in [0.717, 1.165) is 12.8 Å². The number of hydrogen-bond donors (Lipinski definition) is 3. The lowest BCUT2D eigenvalue weighted by atomic mass is 10.2. The van der Waals surface area contributed by atoms with Gasteiger partial charge in [0, 0.05) is 25.0 Å². The normalized spacial score (nSPS) is 15.1. The summed E-state index contributed by atoms with van der Waals surface area (Å²) in [6.07, 6.45) is 3.72. The van der Waals surface area contributed by atoms with E-state index in [1.165, 1.54) is 4.90 Å². The lowest BCUT2D eigenvalue weighted by Crippen LogP contribution is -2.47. The van der Waals surface area contributed by atoms with Gasteiger partial charge in [0.2, 0.25) is 5.91 Å². The first-order valence-electron chi connectivity index (χ1n) is 7.49. The van der Waals surface area contributed by atoms with E-state index in [9.17, 15) is 14.4 Å². The molecule has 3 amide bonds. The summed E-state index contributed by atoms with van der Waals surface area (Å²) >= 11 is 0. The molecule has 0 saturated heterocycles.